The Bertz CT molecular complexity index is 611. The molecule has 0 amide bonds. The highest BCUT2D eigenvalue weighted by Gasteiger charge is 2.08. The molecule has 2 aromatic rings. The molecule has 0 unspecified atom stereocenters. The van der Waals surface area contributed by atoms with Crippen LogP contribution in [0.3, 0.4) is 0 Å². The minimum Gasteiger partial charge on any atom is -0.398 e. The molecule has 0 radical (unpaired) electrons. The van der Waals surface area contributed by atoms with Crippen LogP contribution in [0.4, 0.5) is 15.8 Å². The fourth-order valence-corrected chi connectivity index (χ4v) is 1.70. The third kappa shape index (κ3) is 3.10. The summed E-state index contributed by atoms with van der Waals surface area (Å²) in [6.45, 7) is 1.91. The standard InChI is InChI=1S/C15H15FN2O/c1-10-6-7-11(8-13(10)17)15(19)9-18-14-5-3-2-4-12(14)16/h2-8,18H,9,17H2,1H3. The van der Waals surface area contributed by atoms with Gasteiger partial charge in [-0.15, -0.1) is 0 Å². The maximum absolute atomic E-state index is 13.4. The highest BCUT2D eigenvalue weighted by molar-refractivity contribution is 5.99. The van der Waals surface area contributed by atoms with Crippen LogP contribution in [0.5, 0.6) is 0 Å². The number of carbonyl (C=O) groups excluding carboxylic acids is 1. The smallest absolute Gasteiger partial charge is 0.181 e. The molecule has 0 aromatic heterocycles. The average Bonchev–Trinajstić information content (AvgIpc) is 2.40. The number of hydrogen-bond donors (Lipinski definition) is 2. The first-order chi connectivity index (χ1) is 9.08. The minimum atomic E-state index is -0.376. The lowest BCUT2D eigenvalue weighted by molar-refractivity contribution is 0.101. The van der Waals surface area contributed by atoms with Crippen molar-refractivity contribution in [1.29, 1.82) is 0 Å². The quantitative estimate of drug-likeness (QED) is 0.654. The van der Waals surface area contributed by atoms with Gasteiger partial charge in [0.1, 0.15) is 5.82 Å². The Morgan fingerprint density at radius 3 is 2.68 bits per heavy atom. The molecule has 0 fully saturated rings. The molecule has 19 heavy (non-hydrogen) atoms. The summed E-state index contributed by atoms with van der Waals surface area (Å²) >= 11 is 0. The number of halogens is 1. The third-order valence-electron chi connectivity index (χ3n) is 2.91. The van der Waals surface area contributed by atoms with Gasteiger partial charge in [-0.2, -0.15) is 0 Å². The highest BCUT2D eigenvalue weighted by atomic mass is 19.1. The van der Waals surface area contributed by atoms with Gasteiger partial charge in [0.25, 0.3) is 0 Å². The van der Waals surface area contributed by atoms with E-state index in [1.165, 1.54) is 6.07 Å². The van der Waals surface area contributed by atoms with E-state index in [-0.39, 0.29) is 18.1 Å². The number of benzene rings is 2. The van der Waals surface area contributed by atoms with Gasteiger partial charge >= 0.3 is 0 Å². The topological polar surface area (TPSA) is 55.1 Å². The Balaban J connectivity index is 2.05. The maximum Gasteiger partial charge on any atom is 0.181 e. The Labute approximate surface area is 111 Å². The van der Waals surface area contributed by atoms with Crippen molar-refractivity contribution >= 4 is 17.2 Å². The van der Waals surface area contributed by atoms with Gasteiger partial charge in [0.2, 0.25) is 0 Å². The molecule has 0 aliphatic heterocycles. The summed E-state index contributed by atoms with van der Waals surface area (Å²) in [5.41, 5.74) is 8.10. The van der Waals surface area contributed by atoms with Crippen LogP contribution in [-0.2, 0) is 0 Å². The van der Waals surface area contributed by atoms with Crippen LogP contribution in [0.1, 0.15) is 15.9 Å². The summed E-state index contributed by atoms with van der Waals surface area (Å²) < 4.78 is 13.4. The van der Waals surface area contributed by atoms with E-state index in [0.717, 1.165) is 5.56 Å². The molecule has 3 N–H and O–H groups in total. The monoisotopic (exact) mass is 258 g/mol. The zero-order valence-electron chi connectivity index (χ0n) is 10.6. The van der Waals surface area contributed by atoms with E-state index in [0.29, 0.717) is 16.9 Å². The van der Waals surface area contributed by atoms with Crippen LogP contribution < -0.4 is 11.1 Å². The molecule has 4 heteroatoms. The number of carbonyl (C=O) groups is 1. The molecule has 0 saturated carbocycles. The minimum absolute atomic E-state index is 0.0312. The predicted octanol–water partition coefficient (Wildman–Crippen LogP) is 3.01. The van der Waals surface area contributed by atoms with Crippen LogP contribution in [0.15, 0.2) is 42.5 Å². The van der Waals surface area contributed by atoms with Crippen molar-refractivity contribution in [3.8, 4) is 0 Å². The van der Waals surface area contributed by atoms with Gasteiger partial charge in [-0.05, 0) is 30.7 Å². The molecule has 0 bridgehead atoms. The lowest BCUT2D eigenvalue weighted by atomic mass is 10.1. The number of aryl methyl sites for hydroxylation is 1. The normalized spacial score (nSPS) is 10.2. The summed E-state index contributed by atoms with van der Waals surface area (Å²) in [6.07, 6.45) is 0. The number of nitrogens with one attached hydrogen (secondary N) is 1. The molecule has 0 heterocycles. The lowest BCUT2D eigenvalue weighted by Crippen LogP contribution is -2.15. The van der Waals surface area contributed by atoms with Gasteiger partial charge in [-0.1, -0.05) is 24.3 Å². The van der Waals surface area contributed by atoms with Gasteiger partial charge in [-0.3, -0.25) is 4.79 Å². The van der Waals surface area contributed by atoms with Crippen molar-refractivity contribution in [3.05, 3.63) is 59.4 Å². The SMILES string of the molecule is Cc1ccc(C(=O)CNc2ccccc2F)cc1N. The van der Waals surface area contributed by atoms with Gasteiger partial charge in [0.05, 0.1) is 12.2 Å². The fraction of sp³-hybridized carbons (Fsp3) is 0.133. The van der Waals surface area contributed by atoms with E-state index >= 15 is 0 Å². The largest absolute Gasteiger partial charge is 0.398 e. The van der Waals surface area contributed by atoms with E-state index in [2.05, 4.69) is 5.32 Å². The molecular weight excluding hydrogens is 243 g/mol. The maximum atomic E-state index is 13.4. The van der Waals surface area contributed by atoms with Crippen molar-refractivity contribution in [2.24, 2.45) is 0 Å². The van der Waals surface area contributed by atoms with Crippen LogP contribution in [0.2, 0.25) is 0 Å². The number of para-hydroxylation sites is 1. The van der Waals surface area contributed by atoms with Crippen molar-refractivity contribution in [1.82, 2.24) is 0 Å². The number of nitrogens with two attached hydrogens (primary N) is 1. The second-order valence-corrected chi connectivity index (χ2v) is 4.33. The van der Waals surface area contributed by atoms with Crippen LogP contribution >= 0.6 is 0 Å². The van der Waals surface area contributed by atoms with Crippen molar-refractivity contribution in [3.63, 3.8) is 0 Å². The molecule has 0 spiro atoms. The second kappa shape index (κ2) is 5.52. The molecule has 98 valence electrons. The molecule has 0 saturated heterocycles. The van der Waals surface area contributed by atoms with E-state index in [4.69, 9.17) is 5.73 Å². The molecule has 3 nitrogen and oxygen atoms in total. The average molecular weight is 258 g/mol. The Kier molecular flexibility index (Phi) is 3.80. The summed E-state index contributed by atoms with van der Waals surface area (Å²) in [7, 11) is 0. The summed E-state index contributed by atoms with van der Waals surface area (Å²) in [5, 5.41) is 2.78. The summed E-state index contributed by atoms with van der Waals surface area (Å²) in [5.74, 6) is -0.506. The van der Waals surface area contributed by atoms with E-state index < -0.39 is 0 Å². The van der Waals surface area contributed by atoms with Gasteiger partial charge in [0.15, 0.2) is 5.78 Å². The Hall–Kier alpha value is -2.36. The lowest BCUT2D eigenvalue weighted by Gasteiger charge is -2.08. The zero-order valence-corrected chi connectivity index (χ0v) is 10.6. The molecule has 0 atom stereocenters. The van der Waals surface area contributed by atoms with Crippen LogP contribution in [-0.4, -0.2) is 12.3 Å². The van der Waals surface area contributed by atoms with Crippen LogP contribution in [0.25, 0.3) is 0 Å². The third-order valence-corrected chi connectivity index (χ3v) is 2.91. The highest BCUT2D eigenvalue weighted by Crippen LogP contribution is 2.15. The van der Waals surface area contributed by atoms with E-state index in [1.54, 1.807) is 36.4 Å². The van der Waals surface area contributed by atoms with E-state index in [1.807, 2.05) is 6.92 Å². The van der Waals surface area contributed by atoms with Gasteiger partial charge in [0, 0.05) is 11.3 Å². The Morgan fingerprint density at radius 1 is 1.26 bits per heavy atom. The molecule has 0 aliphatic carbocycles. The molecular formula is C15H15FN2O. The second-order valence-electron chi connectivity index (χ2n) is 4.33. The number of rotatable bonds is 4. The first kappa shape index (κ1) is 13.1. The van der Waals surface area contributed by atoms with Crippen molar-refractivity contribution in [2.75, 3.05) is 17.6 Å². The van der Waals surface area contributed by atoms with Gasteiger partial charge in [-0.25, -0.2) is 4.39 Å². The molecule has 2 aromatic carbocycles. The number of anilines is 2. The number of nitrogen functional groups attached to an aromatic ring is 1. The Morgan fingerprint density at radius 2 is 2.00 bits per heavy atom. The fourth-order valence-electron chi connectivity index (χ4n) is 1.70. The summed E-state index contributed by atoms with van der Waals surface area (Å²) in [6, 6.07) is 11.4. The number of hydrogen-bond acceptors (Lipinski definition) is 3. The van der Waals surface area contributed by atoms with Gasteiger partial charge < -0.3 is 11.1 Å². The first-order valence-electron chi connectivity index (χ1n) is 5.95. The molecule has 2 rings (SSSR count). The van der Waals surface area contributed by atoms with Crippen molar-refractivity contribution < 1.29 is 9.18 Å². The van der Waals surface area contributed by atoms with E-state index in [9.17, 15) is 9.18 Å². The first-order valence-corrected chi connectivity index (χ1v) is 5.95. The zero-order chi connectivity index (χ0) is 13.8. The van der Waals surface area contributed by atoms with Crippen LogP contribution in [0, 0.1) is 12.7 Å². The summed E-state index contributed by atoms with van der Waals surface area (Å²) in [4.78, 5) is 12.0. The molecule has 0 aliphatic rings. The number of Topliss-reactive ketones (excluding diaryl/α,β-unsaturated/α-hetero) is 1. The van der Waals surface area contributed by atoms with Crippen molar-refractivity contribution in [2.45, 2.75) is 6.92 Å². The predicted molar refractivity (Wildman–Crippen MR) is 74.8 cm³/mol. The number of ketones is 1.